The molecule has 0 N–H and O–H groups in total. The Kier molecular flexibility index (Phi) is 6.63. The minimum absolute atomic E-state index is 0.978. The van der Waals surface area contributed by atoms with E-state index in [1.54, 1.807) is 0 Å². The Bertz CT molecular complexity index is 2200. The minimum atomic E-state index is 0.978. The summed E-state index contributed by atoms with van der Waals surface area (Å²) >= 11 is 1.86. The van der Waals surface area contributed by atoms with Crippen LogP contribution in [0.3, 0.4) is 0 Å². The number of pyridine rings is 1. The van der Waals surface area contributed by atoms with Crippen molar-refractivity contribution in [2.75, 3.05) is 0 Å². The third kappa shape index (κ3) is 4.80. The second-order valence-electron chi connectivity index (χ2n) is 11.2. The lowest BCUT2D eigenvalue weighted by Gasteiger charge is -2.15. The van der Waals surface area contributed by atoms with E-state index in [4.69, 9.17) is 4.98 Å². The van der Waals surface area contributed by atoms with Gasteiger partial charge < -0.3 is 0 Å². The van der Waals surface area contributed by atoms with Gasteiger partial charge in [0.1, 0.15) is 0 Å². The third-order valence-electron chi connectivity index (χ3n) is 8.52. The van der Waals surface area contributed by atoms with Gasteiger partial charge in [-0.2, -0.15) is 0 Å². The van der Waals surface area contributed by atoms with E-state index in [0.717, 1.165) is 22.5 Å². The van der Waals surface area contributed by atoms with Crippen LogP contribution in [0.5, 0.6) is 0 Å². The van der Waals surface area contributed by atoms with Crippen LogP contribution < -0.4 is 0 Å². The molecular weight excluding hydrogens is 551 g/mol. The van der Waals surface area contributed by atoms with E-state index < -0.39 is 0 Å². The monoisotopic (exact) mass is 579 g/mol. The molecule has 8 aromatic rings. The smallest absolute Gasteiger partial charge is 0.0715 e. The van der Waals surface area contributed by atoms with Gasteiger partial charge in [-0.1, -0.05) is 127 Å². The standard InChI is InChI=1S/C42H29NS/c1-28-35(30-21-19-29(20-22-30)33-23-24-42-38(25-33)37-15-8-9-18-41(37)44-42)16-10-17-36(28)34-26-39(31-11-4-2-5-12-31)43-40(27-34)32-13-6-3-7-14-32/h2-27H,1H3. The molecule has 208 valence electrons. The number of benzene rings is 6. The fourth-order valence-electron chi connectivity index (χ4n) is 6.21. The molecule has 2 heterocycles. The Balaban J connectivity index is 1.18. The summed E-state index contributed by atoms with van der Waals surface area (Å²) in [7, 11) is 0. The van der Waals surface area contributed by atoms with E-state index in [0.29, 0.717) is 0 Å². The second-order valence-corrected chi connectivity index (χ2v) is 12.3. The maximum absolute atomic E-state index is 5.08. The number of hydrogen-bond donors (Lipinski definition) is 0. The maximum atomic E-state index is 5.08. The van der Waals surface area contributed by atoms with Gasteiger partial charge in [0, 0.05) is 31.3 Å². The van der Waals surface area contributed by atoms with Crippen LogP contribution in [0.15, 0.2) is 158 Å². The van der Waals surface area contributed by atoms with Gasteiger partial charge >= 0.3 is 0 Å². The van der Waals surface area contributed by atoms with Crippen LogP contribution in [0.1, 0.15) is 5.56 Å². The molecule has 0 amide bonds. The van der Waals surface area contributed by atoms with E-state index in [-0.39, 0.29) is 0 Å². The molecule has 0 aliphatic heterocycles. The molecule has 8 rings (SSSR count). The highest BCUT2D eigenvalue weighted by Crippen LogP contribution is 2.38. The second kappa shape index (κ2) is 11.1. The van der Waals surface area contributed by atoms with E-state index in [2.05, 4.69) is 153 Å². The van der Waals surface area contributed by atoms with Crippen molar-refractivity contribution in [3.8, 4) is 55.9 Å². The molecule has 0 spiro atoms. The van der Waals surface area contributed by atoms with Gasteiger partial charge in [0.05, 0.1) is 11.4 Å². The van der Waals surface area contributed by atoms with E-state index >= 15 is 0 Å². The predicted molar refractivity (Wildman–Crippen MR) is 189 cm³/mol. The van der Waals surface area contributed by atoms with Gasteiger partial charge in [-0.05, 0) is 76.2 Å². The first-order valence-electron chi connectivity index (χ1n) is 15.0. The number of nitrogens with zero attached hydrogens (tertiary/aromatic N) is 1. The van der Waals surface area contributed by atoms with E-state index in [9.17, 15) is 0 Å². The van der Waals surface area contributed by atoms with Crippen molar-refractivity contribution >= 4 is 31.5 Å². The normalized spacial score (nSPS) is 11.3. The van der Waals surface area contributed by atoms with Crippen LogP contribution in [-0.2, 0) is 0 Å². The van der Waals surface area contributed by atoms with Gasteiger partial charge in [0.15, 0.2) is 0 Å². The lowest BCUT2D eigenvalue weighted by atomic mass is 9.91. The summed E-state index contributed by atoms with van der Waals surface area (Å²) in [5.74, 6) is 0. The first kappa shape index (κ1) is 26.3. The SMILES string of the molecule is Cc1c(-c2ccc(-c3ccc4sc5ccccc5c4c3)cc2)cccc1-c1cc(-c2ccccc2)nc(-c2ccccc2)c1. The largest absolute Gasteiger partial charge is 0.248 e. The Morgan fingerprint density at radius 1 is 0.386 bits per heavy atom. The van der Waals surface area contributed by atoms with Crippen molar-refractivity contribution in [2.24, 2.45) is 0 Å². The summed E-state index contributed by atoms with van der Waals surface area (Å²) in [6, 6.07) is 56.5. The van der Waals surface area contributed by atoms with Crippen LogP contribution in [0, 0.1) is 6.92 Å². The van der Waals surface area contributed by atoms with Crippen molar-refractivity contribution < 1.29 is 0 Å². The number of rotatable bonds is 5. The average Bonchev–Trinajstić information content (AvgIpc) is 3.47. The minimum Gasteiger partial charge on any atom is -0.248 e. The fraction of sp³-hybridized carbons (Fsp3) is 0.0238. The highest BCUT2D eigenvalue weighted by molar-refractivity contribution is 7.25. The quantitative estimate of drug-likeness (QED) is 0.198. The highest BCUT2D eigenvalue weighted by atomic mass is 32.1. The summed E-state index contributed by atoms with van der Waals surface area (Å²) in [6.07, 6.45) is 0. The molecule has 2 heteroatoms. The van der Waals surface area contributed by atoms with Crippen molar-refractivity contribution in [2.45, 2.75) is 6.92 Å². The van der Waals surface area contributed by atoms with Gasteiger partial charge in [0.2, 0.25) is 0 Å². The van der Waals surface area contributed by atoms with Crippen molar-refractivity contribution in [1.82, 2.24) is 4.98 Å². The molecule has 0 bridgehead atoms. The van der Waals surface area contributed by atoms with Gasteiger partial charge in [-0.3, -0.25) is 0 Å². The van der Waals surface area contributed by atoms with Crippen LogP contribution in [-0.4, -0.2) is 4.98 Å². The molecule has 0 atom stereocenters. The molecule has 1 nitrogen and oxygen atoms in total. The molecule has 2 aromatic heterocycles. The van der Waals surface area contributed by atoms with Crippen LogP contribution >= 0.6 is 11.3 Å². The third-order valence-corrected chi connectivity index (χ3v) is 9.67. The zero-order valence-electron chi connectivity index (χ0n) is 24.4. The lowest BCUT2D eigenvalue weighted by molar-refractivity contribution is 1.32. The van der Waals surface area contributed by atoms with Gasteiger partial charge in [-0.15, -0.1) is 11.3 Å². The average molecular weight is 580 g/mol. The summed E-state index contributed by atoms with van der Waals surface area (Å²) in [5.41, 5.74) is 12.8. The molecule has 0 unspecified atom stereocenters. The number of hydrogen-bond acceptors (Lipinski definition) is 2. The Labute approximate surface area is 261 Å². The summed E-state index contributed by atoms with van der Waals surface area (Å²) < 4.78 is 2.67. The molecule has 0 saturated heterocycles. The maximum Gasteiger partial charge on any atom is 0.0715 e. The molecule has 0 aliphatic carbocycles. The molecule has 0 fully saturated rings. The van der Waals surface area contributed by atoms with E-state index in [1.807, 2.05) is 23.5 Å². The molecule has 44 heavy (non-hydrogen) atoms. The molecular formula is C42H29NS. The zero-order chi connectivity index (χ0) is 29.5. The first-order valence-corrected chi connectivity index (χ1v) is 15.8. The lowest BCUT2D eigenvalue weighted by Crippen LogP contribution is -1.93. The number of aromatic nitrogens is 1. The summed E-state index contributed by atoms with van der Waals surface area (Å²) in [6.45, 7) is 2.24. The topological polar surface area (TPSA) is 12.9 Å². The van der Waals surface area contributed by atoms with Crippen molar-refractivity contribution in [3.63, 3.8) is 0 Å². The molecule has 0 aliphatic rings. The van der Waals surface area contributed by atoms with E-state index in [1.165, 1.54) is 59.1 Å². The number of fused-ring (bicyclic) bond motifs is 3. The van der Waals surface area contributed by atoms with Crippen LogP contribution in [0.4, 0.5) is 0 Å². The van der Waals surface area contributed by atoms with Crippen molar-refractivity contribution in [1.29, 1.82) is 0 Å². The Hall–Kier alpha value is -5.31. The molecule has 0 saturated carbocycles. The number of thiophene rings is 1. The van der Waals surface area contributed by atoms with Crippen molar-refractivity contribution in [3.05, 3.63) is 163 Å². The Morgan fingerprint density at radius 3 is 1.61 bits per heavy atom. The molecule has 0 radical (unpaired) electrons. The highest BCUT2D eigenvalue weighted by Gasteiger charge is 2.13. The summed E-state index contributed by atoms with van der Waals surface area (Å²) in [4.78, 5) is 5.08. The Morgan fingerprint density at radius 2 is 0.932 bits per heavy atom. The molecule has 6 aromatic carbocycles. The first-order chi connectivity index (χ1) is 21.7. The van der Waals surface area contributed by atoms with Crippen LogP contribution in [0.2, 0.25) is 0 Å². The van der Waals surface area contributed by atoms with Gasteiger partial charge in [0.25, 0.3) is 0 Å². The fourth-order valence-corrected chi connectivity index (χ4v) is 7.30. The predicted octanol–water partition coefficient (Wildman–Crippen LogP) is 12.1. The summed E-state index contributed by atoms with van der Waals surface area (Å²) in [5, 5.41) is 2.66. The zero-order valence-corrected chi connectivity index (χ0v) is 25.2. The van der Waals surface area contributed by atoms with Crippen LogP contribution in [0.25, 0.3) is 76.1 Å². The van der Waals surface area contributed by atoms with Gasteiger partial charge in [-0.25, -0.2) is 4.98 Å².